The average molecular weight is 516 g/mol. The third-order valence-corrected chi connectivity index (χ3v) is 7.81. The van der Waals surface area contributed by atoms with Crippen LogP contribution >= 0.6 is 0 Å². The number of rotatable bonds is 6. The minimum absolute atomic E-state index is 0.0108. The molecule has 1 aliphatic carbocycles. The lowest BCUT2D eigenvalue weighted by Crippen LogP contribution is -2.54. The molecule has 1 amide bonds. The number of nitrogens with one attached hydrogen (secondary N) is 1. The van der Waals surface area contributed by atoms with Gasteiger partial charge >= 0.3 is 0 Å². The summed E-state index contributed by atoms with van der Waals surface area (Å²) in [6, 6.07) is 5.57. The molecule has 1 aromatic carbocycles. The maximum atomic E-state index is 14.6. The van der Waals surface area contributed by atoms with Crippen molar-refractivity contribution >= 4 is 22.8 Å². The van der Waals surface area contributed by atoms with Crippen molar-refractivity contribution in [1.82, 2.24) is 19.4 Å². The highest BCUT2D eigenvalue weighted by Gasteiger charge is 2.58. The molecule has 2 aliphatic rings. The first-order chi connectivity index (χ1) is 17.6. The predicted octanol–water partition coefficient (Wildman–Crippen LogP) is 4.03. The van der Waals surface area contributed by atoms with Gasteiger partial charge in [0.2, 0.25) is 5.91 Å². The Labute approximate surface area is 211 Å². The van der Waals surface area contributed by atoms with Gasteiger partial charge in [-0.25, -0.2) is 23.1 Å². The number of nitrogens with zero attached hydrogens (tertiary/aromatic N) is 4. The van der Waals surface area contributed by atoms with Gasteiger partial charge in [0, 0.05) is 51.7 Å². The molecular formula is C26H28F3N5O3. The molecule has 0 radical (unpaired) electrons. The van der Waals surface area contributed by atoms with E-state index in [9.17, 15) is 22.8 Å². The summed E-state index contributed by atoms with van der Waals surface area (Å²) in [5.74, 6) is -0.629. The monoisotopic (exact) mass is 515 g/mol. The molecule has 8 nitrogen and oxygen atoms in total. The number of carbonyl (C=O) groups excluding carboxylic acids is 1. The van der Waals surface area contributed by atoms with Crippen molar-refractivity contribution in [3.8, 4) is 0 Å². The quantitative estimate of drug-likeness (QED) is 0.533. The maximum Gasteiger partial charge on any atom is 0.266 e. The van der Waals surface area contributed by atoms with Gasteiger partial charge in [-0.15, -0.1) is 0 Å². The molecule has 196 valence electrons. The molecule has 3 heterocycles. The van der Waals surface area contributed by atoms with Crippen LogP contribution in [0.4, 0.5) is 19.0 Å². The lowest BCUT2D eigenvalue weighted by molar-refractivity contribution is -0.143. The highest BCUT2D eigenvalue weighted by atomic mass is 19.3. The van der Waals surface area contributed by atoms with E-state index < -0.39 is 23.4 Å². The minimum atomic E-state index is -2.92. The highest BCUT2D eigenvalue weighted by molar-refractivity contribution is 5.87. The predicted molar refractivity (Wildman–Crippen MR) is 131 cm³/mol. The van der Waals surface area contributed by atoms with Crippen LogP contribution in [0, 0.1) is 5.82 Å². The van der Waals surface area contributed by atoms with E-state index in [1.807, 2.05) is 4.90 Å². The average Bonchev–Trinajstić information content (AvgIpc) is 3.63. The maximum absolute atomic E-state index is 14.6. The summed E-state index contributed by atoms with van der Waals surface area (Å²) < 4.78 is 48.3. The van der Waals surface area contributed by atoms with E-state index >= 15 is 0 Å². The molecule has 5 rings (SSSR count). The summed E-state index contributed by atoms with van der Waals surface area (Å²) in [5, 5.41) is 3.54. The molecule has 11 heteroatoms. The normalized spacial score (nSPS) is 20.6. The molecule has 1 spiro atoms. The van der Waals surface area contributed by atoms with Gasteiger partial charge in [-0.2, -0.15) is 0 Å². The number of amides is 1. The molecule has 2 aromatic heterocycles. The molecule has 3 aromatic rings. The fraction of sp³-hybridized carbons (Fsp3) is 0.462. The van der Waals surface area contributed by atoms with Gasteiger partial charge in [-0.05, 0) is 25.3 Å². The summed E-state index contributed by atoms with van der Waals surface area (Å²) in [7, 11) is 3.18. The molecule has 1 saturated carbocycles. The standard InChI is InChI=1S/C26H28F3N5O3/c1-15(35)34-10-9-26(37-3,13-25(34)7-8-25)19-11-18-22(31-14-32-23(18)33(2)24(19)36)30-12-16-5-4-6-17(20(16)27)21(28)29/h4-6,11,14,21H,7-10,12-13H2,1-3H3,(H,30,31,32). The van der Waals surface area contributed by atoms with Gasteiger partial charge in [0.05, 0.1) is 16.5 Å². The number of aromatic nitrogens is 3. The Morgan fingerprint density at radius 2 is 2.00 bits per heavy atom. The summed E-state index contributed by atoms with van der Waals surface area (Å²) in [6.45, 7) is 1.94. The number of halogens is 3. The third-order valence-electron chi connectivity index (χ3n) is 7.81. The van der Waals surface area contributed by atoms with E-state index in [4.69, 9.17) is 4.74 Å². The lowest BCUT2D eigenvalue weighted by Gasteiger charge is -2.46. The molecule has 2 fully saturated rings. The van der Waals surface area contributed by atoms with Gasteiger partial charge in [0.15, 0.2) is 0 Å². The number of piperidine rings is 1. The van der Waals surface area contributed by atoms with E-state index in [1.54, 1.807) is 27.1 Å². The van der Waals surface area contributed by atoms with Crippen molar-refractivity contribution in [2.75, 3.05) is 19.0 Å². The second kappa shape index (κ2) is 9.13. The molecule has 1 N–H and O–H groups in total. The number of benzene rings is 1. The van der Waals surface area contributed by atoms with E-state index in [0.717, 1.165) is 18.9 Å². The summed E-state index contributed by atoms with van der Waals surface area (Å²) >= 11 is 0. The van der Waals surface area contributed by atoms with Gasteiger partial charge in [-0.1, -0.05) is 18.2 Å². The van der Waals surface area contributed by atoms with Gasteiger partial charge in [0.1, 0.15) is 29.2 Å². The van der Waals surface area contributed by atoms with E-state index in [1.165, 1.54) is 23.0 Å². The molecule has 37 heavy (non-hydrogen) atoms. The number of hydrogen-bond acceptors (Lipinski definition) is 6. The van der Waals surface area contributed by atoms with Crippen molar-refractivity contribution in [1.29, 1.82) is 0 Å². The number of aryl methyl sites for hydroxylation is 1. The van der Waals surface area contributed by atoms with E-state index in [-0.39, 0.29) is 29.1 Å². The number of carbonyl (C=O) groups is 1. The zero-order chi connectivity index (χ0) is 26.5. The Morgan fingerprint density at radius 1 is 1.24 bits per heavy atom. The first-order valence-electron chi connectivity index (χ1n) is 12.1. The first kappa shape index (κ1) is 25.2. The SMILES string of the molecule is COC1(c2cc3c(NCc4cccc(C(F)F)c4F)ncnc3n(C)c2=O)CCN(C(C)=O)C2(CC2)C1. The van der Waals surface area contributed by atoms with Crippen LogP contribution in [0.15, 0.2) is 35.4 Å². The smallest absolute Gasteiger partial charge is 0.266 e. The van der Waals surface area contributed by atoms with Crippen molar-refractivity contribution in [3.05, 3.63) is 63.5 Å². The van der Waals surface area contributed by atoms with Crippen molar-refractivity contribution in [3.63, 3.8) is 0 Å². The number of methoxy groups -OCH3 is 1. The van der Waals surface area contributed by atoms with E-state index in [0.29, 0.717) is 41.8 Å². The molecule has 1 aliphatic heterocycles. The first-order valence-corrected chi connectivity index (χ1v) is 12.1. The van der Waals surface area contributed by atoms with Crippen LogP contribution in [0.3, 0.4) is 0 Å². The fourth-order valence-electron chi connectivity index (χ4n) is 5.66. The molecule has 1 atom stereocenters. The zero-order valence-electron chi connectivity index (χ0n) is 20.9. The number of likely N-dealkylation sites (tertiary alicyclic amines) is 1. The van der Waals surface area contributed by atoms with Gasteiger partial charge < -0.3 is 15.0 Å². The number of hydrogen-bond donors (Lipinski definition) is 1. The lowest BCUT2D eigenvalue weighted by atomic mass is 9.79. The van der Waals surface area contributed by atoms with Crippen LogP contribution in [-0.2, 0) is 28.7 Å². The second-order valence-electron chi connectivity index (χ2n) is 9.88. The summed E-state index contributed by atoms with van der Waals surface area (Å²) in [5.41, 5.74) is -1.29. The van der Waals surface area contributed by atoms with Crippen LogP contribution in [0.25, 0.3) is 11.0 Å². The Morgan fingerprint density at radius 3 is 2.65 bits per heavy atom. The van der Waals surface area contributed by atoms with Crippen LogP contribution in [0.2, 0.25) is 0 Å². The molecule has 1 unspecified atom stereocenters. The highest BCUT2D eigenvalue weighted by Crippen LogP contribution is 2.54. The van der Waals surface area contributed by atoms with Crippen molar-refractivity contribution in [2.24, 2.45) is 7.05 Å². The third kappa shape index (κ3) is 4.14. The van der Waals surface area contributed by atoms with Crippen LogP contribution in [0.5, 0.6) is 0 Å². The Balaban J connectivity index is 1.55. The zero-order valence-corrected chi connectivity index (χ0v) is 20.9. The number of ether oxygens (including phenoxy) is 1. The van der Waals surface area contributed by atoms with Crippen molar-refractivity contribution in [2.45, 2.75) is 56.7 Å². The molecular weight excluding hydrogens is 487 g/mol. The fourth-order valence-corrected chi connectivity index (χ4v) is 5.66. The van der Waals surface area contributed by atoms with Crippen LogP contribution in [-0.4, -0.2) is 44.5 Å². The van der Waals surface area contributed by atoms with Gasteiger partial charge in [0.25, 0.3) is 12.0 Å². The van der Waals surface area contributed by atoms with Crippen LogP contribution in [0.1, 0.15) is 55.7 Å². The topological polar surface area (TPSA) is 89.3 Å². The summed E-state index contributed by atoms with van der Waals surface area (Å²) in [6.07, 6.45) is 1.01. The Kier molecular flexibility index (Phi) is 6.21. The number of alkyl halides is 2. The molecule has 1 saturated heterocycles. The van der Waals surface area contributed by atoms with Gasteiger partial charge in [-0.3, -0.25) is 14.2 Å². The number of anilines is 1. The van der Waals surface area contributed by atoms with Crippen LogP contribution < -0.4 is 10.9 Å². The van der Waals surface area contributed by atoms with E-state index in [2.05, 4.69) is 15.3 Å². The molecule has 0 bridgehead atoms. The number of fused-ring (bicyclic) bond motifs is 1. The Hall–Kier alpha value is -3.47. The van der Waals surface area contributed by atoms with Crippen molar-refractivity contribution < 1.29 is 22.7 Å². The minimum Gasteiger partial charge on any atom is -0.373 e. The Bertz CT molecular complexity index is 1440. The largest absolute Gasteiger partial charge is 0.373 e. The summed E-state index contributed by atoms with van der Waals surface area (Å²) in [4.78, 5) is 36.2. The number of pyridine rings is 1. The second-order valence-corrected chi connectivity index (χ2v) is 9.88.